The van der Waals surface area contributed by atoms with E-state index in [-0.39, 0.29) is 11.7 Å². The summed E-state index contributed by atoms with van der Waals surface area (Å²) < 4.78 is 32.4. The first-order valence-electron chi connectivity index (χ1n) is 11.0. The third-order valence-corrected chi connectivity index (χ3v) is 7.41. The Balaban J connectivity index is 0.000000406. The summed E-state index contributed by atoms with van der Waals surface area (Å²) in [5.74, 6) is -0.165. The number of carboxylic acid groups (broad SMARTS) is 1. The van der Waals surface area contributed by atoms with Gasteiger partial charge in [0.1, 0.15) is 12.4 Å². The fraction of sp³-hybridized carbons (Fsp3) is 0.320. The Hall–Kier alpha value is -2.97. The van der Waals surface area contributed by atoms with Gasteiger partial charge in [-0.25, -0.2) is 12.4 Å². The summed E-state index contributed by atoms with van der Waals surface area (Å²) in [6.07, 6.45) is 5.74. The predicted molar refractivity (Wildman–Crippen MR) is 137 cm³/mol. The first-order valence-corrected chi connectivity index (χ1v) is 13.0. The second-order valence-electron chi connectivity index (χ2n) is 8.14. The summed E-state index contributed by atoms with van der Waals surface area (Å²) in [5, 5.41) is 9.56. The number of fused-ring (bicyclic) bond motifs is 2. The number of anilines is 1. The minimum Gasteiger partial charge on any atom is -0.490 e. The van der Waals surface area contributed by atoms with Crippen LogP contribution in [0, 0.1) is 5.92 Å². The maximum Gasteiger partial charge on any atom is 0.306 e. The molecule has 2 aromatic carbocycles. The average molecular weight is 505 g/mol. The van der Waals surface area contributed by atoms with E-state index in [4.69, 9.17) is 21.4 Å². The number of nitrogens with zero attached hydrogens (tertiary/aromatic N) is 2. The molecule has 1 atom stereocenters. The Kier molecular flexibility index (Phi) is 8.28. The minimum atomic E-state index is -3.51. The van der Waals surface area contributed by atoms with Crippen LogP contribution in [0.1, 0.15) is 25.8 Å². The lowest BCUT2D eigenvalue weighted by Gasteiger charge is -2.27. The van der Waals surface area contributed by atoms with Crippen LogP contribution in [0.25, 0.3) is 17.0 Å². The molecule has 4 rings (SSSR count). The zero-order chi connectivity index (χ0) is 24.9. The number of hydrogen-bond acceptors (Lipinski definition) is 5. The summed E-state index contributed by atoms with van der Waals surface area (Å²) >= 11 is 5.97. The zero-order valence-electron chi connectivity index (χ0n) is 19.4. The summed E-state index contributed by atoms with van der Waals surface area (Å²) in [4.78, 5) is 12.1. The average Bonchev–Trinajstić information content (AvgIpc) is 3.23. The van der Waals surface area contributed by atoms with Crippen molar-refractivity contribution in [2.24, 2.45) is 5.92 Å². The van der Waals surface area contributed by atoms with E-state index in [1.54, 1.807) is 49.5 Å². The van der Waals surface area contributed by atoms with E-state index < -0.39 is 16.0 Å². The second kappa shape index (κ2) is 11.0. The zero-order valence-corrected chi connectivity index (χ0v) is 21.0. The summed E-state index contributed by atoms with van der Waals surface area (Å²) in [7, 11) is -1.48. The van der Waals surface area contributed by atoms with Crippen LogP contribution in [-0.4, -0.2) is 49.4 Å². The number of aliphatic carboxylic acids is 1. The molecule has 0 fully saturated rings. The summed E-state index contributed by atoms with van der Waals surface area (Å²) in [6, 6.07) is 12.8. The van der Waals surface area contributed by atoms with E-state index in [0.29, 0.717) is 17.1 Å². The van der Waals surface area contributed by atoms with E-state index >= 15 is 0 Å². The van der Waals surface area contributed by atoms with Crippen LogP contribution in [0.15, 0.2) is 54.7 Å². The van der Waals surface area contributed by atoms with Gasteiger partial charge in [0, 0.05) is 23.7 Å². The van der Waals surface area contributed by atoms with Crippen molar-refractivity contribution in [1.29, 1.82) is 0 Å². The third-order valence-electron chi connectivity index (χ3n) is 5.65. The number of carboxylic acids is 1. The van der Waals surface area contributed by atoms with Crippen LogP contribution < -0.4 is 9.64 Å². The molecular formula is C25H29ClN2O5S. The maximum absolute atomic E-state index is 12.7. The van der Waals surface area contributed by atoms with Gasteiger partial charge in [-0.2, -0.15) is 0 Å². The van der Waals surface area contributed by atoms with Crippen molar-refractivity contribution in [1.82, 2.24) is 3.97 Å². The van der Waals surface area contributed by atoms with E-state index in [0.717, 1.165) is 35.4 Å². The summed E-state index contributed by atoms with van der Waals surface area (Å²) in [5.41, 5.74) is 2.57. The van der Waals surface area contributed by atoms with E-state index in [1.165, 1.54) is 3.97 Å². The van der Waals surface area contributed by atoms with Gasteiger partial charge in [0.05, 0.1) is 29.4 Å². The first kappa shape index (κ1) is 25.6. The molecule has 7 nitrogen and oxygen atoms in total. The van der Waals surface area contributed by atoms with Crippen LogP contribution >= 0.6 is 11.6 Å². The first-order chi connectivity index (χ1) is 16.1. The van der Waals surface area contributed by atoms with E-state index in [1.807, 2.05) is 32.2 Å². The predicted octanol–water partition coefficient (Wildman–Crippen LogP) is 5.13. The summed E-state index contributed by atoms with van der Waals surface area (Å²) in [6.45, 7) is 5.06. The molecule has 0 radical (unpaired) electrons. The SMILES string of the molecule is CCC(C)C(=O)O.CN1CCOc2cc(C=CCS(=O)(=O)n3ccc4cc(Cl)ccc43)ccc21. The molecule has 1 aromatic heterocycles. The van der Waals surface area contributed by atoms with Gasteiger partial charge in [-0.3, -0.25) is 4.79 Å². The van der Waals surface area contributed by atoms with E-state index in [9.17, 15) is 13.2 Å². The Bertz CT molecular complexity index is 1300. The molecule has 0 saturated carbocycles. The molecule has 0 aliphatic carbocycles. The normalized spacial score (nSPS) is 14.3. The van der Waals surface area contributed by atoms with Gasteiger partial charge in [-0.1, -0.05) is 43.7 Å². The van der Waals surface area contributed by atoms with Crippen molar-refractivity contribution in [3.05, 3.63) is 65.3 Å². The molecule has 1 aliphatic rings. The largest absolute Gasteiger partial charge is 0.490 e. The molecule has 2 heterocycles. The highest BCUT2D eigenvalue weighted by Crippen LogP contribution is 2.31. The van der Waals surface area contributed by atoms with Gasteiger partial charge >= 0.3 is 5.97 Å². The highest BCUT2D eigenvalue weighted by molar-refractivity contribution is 7.90. The maximum atomic E-state index is 12.7. The molecule has 0 saturated heterocycles. The molecule has 34 heavy (non-hydrogen) atoms. The number of benzene rings is 2. The van der Waals surface area contributed by atoms with Crippen molar-refractivity contribution in [2.45, 2.75) is 20.3 Å². The van der Waals surface area contributed by atoms with Crippen LogP contribution in [0.2, 0.25) is 5.02 Å². The molecule has 9 heteroatoms. The topological polar surface area (TPSA) is 88.8 Å². The molecule has 182 valence electrons. The fourth-order valence-electron chi connectivity index (χ4n) is 3.37. The highest BCUT2D eigenvalue weighted by Gasteiger charge is 2.16. The number of carbonyl (C=O) groups is 1. The Morgan fingerprint density at radius 1 is 1.24 bits per heavy atom. The molecule has 1 unspecified atom stereocenters. The van der Waals surface area contributed by atoms with Gasteiger partial charge in [-0.05, 0) is 48.4 Å². The van der Waals surface area contributed by atoms with Crippen LogP contribution in [-0.2, 0) is 14.8 Å². The number of halogens is 1. The Morgan fingerprint density at radius 2 is 2.00 bits per heavy atom. The van der Waals surface area contributed by atoms with Crippen molar-refractivity contribution in [2.75, 3.05) is 30.9 Å². The smallest absolute Gasteiger partial charge is 0.306 e. The van der Waals surface area contributed by atoms with Gasteiger partial charge in [-0.15, -0.1) is 0 Å². The monoisotopic (exact) mass is 504 g/mol. The molecule has 0 amide bonds. The number of likely N-dealkylation sites (N-methyl/N-ethyl adjacent to an activating group) is 1. The van der Waals surface area contributed by atoms with Crippen molar-refractivity contribution < 1.29 is 23.1 Å². The molecular weight excluding hydrogens is 476 g/mol. The van der Waals surface area contributed by atoms with Gasteiger partial charge in [0.2, 0.25) is 10.0 Å². The third kappa shape index (κ3) is 6.12. The number of ether oxygens (including phenoxy) is 1. The molecule has 1 N–H and O–H groups in total. The minimum absolute atomic E-state index is 0.0999. The van der Waals surface area contributed by atoms with Gasteiger partial charge in [0.25, 0.3) is 0 Å². The standard InChI is InChI=1S/C20H19ClN2O3S.C5H10O2/c1-22-10-11-26-20-13-15(4-6-19(20)22)3-2-12-27(24,25)23-9-8-16-14-17(21)5-7-18(16)23;1-3-4(2)5(6)7/h2-9,13-14H,10-12H2,1H3;4H,3H2,1-2H3,(H,6,7). The number of aromatic nitrogens is 1. The molecule has 3 aromatic rings. The number of rotatable bonds is 6. The second-order valence-corrected chi connectivity index (χ2v) is 10.5. The van der Waals surface area contributed by atoms with Crippen molar-refractivity contribution >= 4 is 50.3 Å². The van der Waals surface area contributed by atoms with Crippen LogP contribution in [0.3, 0.4) is 0 Å². The lowest BCUT2D eigenvalue weighted by molar-refractivity contribution is -0.141. The fourth-order valence-corrected chi connectivity index (χ4v) is 4.76. The molecule has 1 aliphatic heterocycles. The number of hydrogen-bond donors (Lipinski definition) is 1. The van der Waals surface area contributed by atoms with Crippen molar-refractivity contribution in [3.8, 4) is 5.75 Å². The van der Waals surface area contributed by atoms with Crippen LogP contribution in [0.5, 0.6) is 5.75 Å². The molecule has 0 spiro atoms. The quantitative estimate of drug-likeness (QED) is 0.500. The Labute approximate surface area is 205 Å². The molecule has 0 bridgehead atoms. The highest BCUT2D eigenvalue weighted by atomic mass is 35.5. The lowest BCUT2D eigenvalue weighted by Crippen LogP contribution is -2.28. The van der Waals surface area contributed by atoms with Gasteiger partial charge in [0.15, 0.2) is 0 Å². The van der Waals surface area contributed by atoms with E-state index in [2.05, 4.69) is 4.90 Å². The van der Waals surface area contributed by atoms with Crippen LogP contribution in [0.4, 0.5) is 5.69 Å². The Morgan fingerprint density at radius 3 is 2.68 bits per heavy atom. The lowest BCUT2D eigenvalue weighted by atomic mass is 10.1. The van der Waals surface area contributed by atoms with Crippen molar-refractivity contribution in [3.63, 3.8) is 0 Å². The van der Waals surface area contributed by atoms with Gasteiger partial charge < -0.3 is 14.7 Å².